The Balaban J connectivity index is 1.49. The van der Waals surface area contributed by atoms with E-state index in [0.717, 1.165) is 18.4 Å². The van der Waals surface area contributed by atoms with Gasteiger partial charge in [0.25, 0.3) is 0 Å². The fourth-order valence-corrected chi connectivity index (χ4v) is 3.36. The molecule has 0 spiro atoms. The van der Waals surface area contributed by atoms with Gasteiger partial charge in [0, 0.05) is 18.3 Å². The van der Waals surface area contributed by atoms with Crippen molar-refractivity contribution in [3.8, 4) is 11.5 Å². The number of carbonyl (C=O) groups is 1. The minimum absolute atomic E-state index is 0.0298. The molecule has 2 aliphatic rings. The van der Waals surface area contributed by atoms with Crippen molar-refractivity contribution in [2.45, 2.75) is 18.9 Å². The van der Waals surface area contributed by atoms with Gasteiger partial charge in [-0.05, 0) is 42.7 Å². The molecule has 0 aliphatic carbocycles. The van der Waals surface area contributed by atoms with Crippen molar-refractivity contribution in [1.29, 1.82) is 0 Å². The van der Waals surface area contributed by atoms with Gasteiger partial charge < -0.3 is 19.7 Å². The summed E-state index contributed by atoms with van der Waals surface area (Å²) in [5.74, 6) is 1.06. The van der Waals surface area contributed by atoms with E-state index in [1.807, 2.05) is 0 Å². The smallest absolute Gasteiger partial charge is 0.322 e. The molecule has 1 unspecified atom stereocenters. The first-order chi connectivity index (χ1) is 12.2. The highest BCUT2D eigenvalue weighted by atomic mass is 19.1. The third kappa shape index (κ3) is 3.24. The van der Waals surface area contributed by atoms with Crippen molar-refractivity contribution >= 4 is 11.7 Å². The van der Waals surface area contributed by atoms with Gasteiger partial charge in [-0.15, -0.1) is 0 Å². The summed E-state index contributed by atoms with van der Waals surface area (Å²) in [4.78, 5) is 14.5. The summed E-state index contributed by atoms with van der Waals surface area (Å²) >= 11 is 0. The Morgan fingerprint density at radius 3 is 2.64 bits per heavy atom. The number of urea groups is 1. The summed E-state index contributed by atoms with van der Waals surface area (Å²) in [7, 11) is 0. The van der Waals surface area contributed by atoms with Gasteiger partial charge >= 0.3 is 6.03 Å². The minimum Gasteiger partial charge on any atom is -0.486 e. The summed E-state index contributed by atoms with van der Waals surface area (Å²) < 4.78 is 24.2. The molecule has 1 atom stereocenters. The Labute approximate surface area is 145 Å². The Bertz CT molecular complexity index is 779. The van der Waals surface area contributed by atoms with Crippen LogP contribution in [0.5, 0.6) is 11.5 Å². The van der Waals surface area contributed by atoms with Crippen molar-refractivity contribution in [2.24, 2.45) is 0 Å². The second-order valence-corrected chi connectivity index (χ2v) is 6.19. The maximum Gasteiger partial charge on any atom is 0.322 e. The van der Waals surface area contributed by atoms with Crippen molar-refractivity contribution in [3.63, 3.8) is 0 Å². The predicted molar refractivity (Wildman–Crippen MR) is 91.5 cm³/mol. The van der Waals surface area contributed by atoms with Crippen molar-refractivity contribution in [3.05, 3.63) is 53.8 Å². The molecule has 4 rings (SSSR count). The first kappa shape index (κ1) is 15.7. The molecule has 5 nitrogen and oxygen atoms in total. The Hall–Kier alpha value is -2.76. The number of anilines is 1. The van der Waals surface area contributed by atoms with E-state index in [0.29, 0.717) is 36.9 Å². The van der Waals surface area contributed by atoms with Gasteiger partial charge in [-0.1, -0.05) is 12.1 Å². The van der Waals surface area contributed by atoms with Crippen LogP contribution in [0.25, 0.3) is 0 Å². The molecular weight excluding hydrogens is 323 g/mol. The van der Waals surface area contributed by atoms with Crippen LogP contribution in [0.3, 0.4) is 0 Å². The maximum absolute atomic E-state index is 13.1. The Morgan fingerprint density at radius 1 is 1.08 bits per heavy atom. The molecule has 130 valence electrons. The van der Waals surface area contributed by atoms with E-state index in [4.69, 9.17) is 9.47 Å². The van der Waals surface area contributed by atoms with Crippen LogP contribution >= 0.6 is 0 Å². The maximum atomic E-state index is 13.1. The van der Waals surface area contributed by atoms with Crippen LogP contribution in [0.2, 0.25) is 0 Å². The molecule has 1 fully saturated rings. The lowest BCUT2D eigenvalue weighted by Gasteiger charge is -2.26. The molecule has 0 radical (unpaired) electrons. The lowest BCUT2D eigenvalue weighted by Crippen LogP contribution is -2.34. The zero-order valence-corrected chi connectivity index (χ0v) is 13.7. The number of hydrogen-bond donors (Lipinski definition) is 1. The number of likely N-dealkylation sites (tertiary alicyclic amines) is 1. The second-order valence-electron chi connectivity index (χ2n) is 6.19. The lowest BCUT2D eigenvalue weighted by molar-refractivity contribution is 0.171. The van der Waals surface area contributed by atoms with Crippen LogP contribution in [-0.2, 0) is 0 Å². The van der Waals surface area contributed by atoms with Gasteiger partial charge in [0.1, 0.15) is 19.0 Å². The van der Waals surface area contributed by atoms with Gasteiger partial charge in [0.05, 0.1) is 6.04 Å². The van der Waals surface area contributed by atoms with Gasteiger partial charge in [0.15, 0.2) is 11.5 Å². The number of halogens is 1. The lowest BCUT2D eigenvalue weighted by atomic mass is 10.0. The number of rotatable bonds is 2. The van der Waals surface area contributed by atoms with E-state index in [9.17, 15) is 9.18 Å². The van der Waals surface area contributed by atoms with E-state index in [-0.39, 0.29) is 17.9 Å². The van der Waals surface area contributed by atoms with Crippen LogP contribution in [0.1, 0.15) is 24.4 Å². The Morgan fingerprint density at radius 2 is 1.84 bits per heavy atom. The fourth-order valence-electron chi connectivity index (χ4n) is 3.36. The molecule has 0 saturated carbocycles. The first-order valence-electron chi connectivity index (χ1n) is 8.43. The number of hydrogen-bond acceptors (Lipinski definition) is 3. The van der Waals surface area contributed by atoms with Crippen molar-refractivity contribution < 1.29 is 18.7 Å². The van der Waals surface area contributed by atoms with Crippen LogP contribution < -0.4 is 14.8 Å². The molecule has 2 aliphatic heterocycles. The summed E-state index contributed by atoms with van der Waals surface area (Å²) in [6.07, 6.45) is 1.80. The molecule has 0 aromatic heterocycles. The number of ether oxygens (including phenoxy) is 2. The highest BCUT2D eigenvalue weighted by Gasteiger charge is 2.30. The highest BCUT2D eigenvalue weighted by molar-refractivity contribution is 5.90. The van der Waals surface area contributed by atoms with Gasteiger partial charge in [-0.25, -0.2) is 9.18 Å². The minimum atomic E-state index is -0.269. The van der Waals surface area contributed by atoms with E-state index >= 15 is 0 Å². The largest absolute Gasteiger partial charge is 0.486 e. The van der Waals surface area contributed by atoms with Crippen LogP contribution in [-0.4, -0.2) is 30.7 Å². The van der Waals surface area contributed by atoms with Crippen molar-refractivity contribution in [2.75, 3.05) is 25.1 Å². The zero-order valence-electron chi connectivity index (χ0n) is 13.7. The third-order valence-corrected chi connectivity index (χ3v) is 4.56. The number of nitrogens with one attached hydrogen (secondary N) is 1. The number of carbonyl (C=O) groups excluding carboxylic acids is 1. The molecule has 2 heterocycles. The van der Waals surface area contributed by atoms with Gasteiger partial charge in [0.2, 0.25) is 0 Å². The average Bonchev–Trinajstić information content (AvgIpc) is 3.12. The van der Waals surface area contributed by atoms with E-state index in [1.54, 1.807) is 35.2 Å². The SMILES string of the molecule is O=C(Nc1ccc2c(c1)OCCO2)N1CCCC1c1ccc(F)cc1. The number of nitrogens with zero attached hydrogens (tertiary/aromatic N) is 1. The van der Waals surface area contributed by atoms with Crippen LogP contribution in [0.4, 0.5) is 14.9 Å². The summed E-state index contributed by atoms with van der Waals surface area (Å²) in [5, 5.41) is 2.92. The fraction of sp³-hybridized carbons (Fsp3) is 0.316. The number of amides is 2. The van der Waals surface area contributed by atoms with Gasteiger partial charge in [-0.2, -0.15) is 0 Å². The summed E-state index contributed by atoms with van der Waals surface area (Å²) in [6.45, 7) is 1.72. The predicted octanol–water partition coefficient (Wildman–Crippen LogP) is 3.97. The van der Waals surface area contributed by atoms with Gasteiger partial charge in [-0.3, -0.25) is 0 Å². The quantitative estimate of drug-likeness (QED) is 0.898. The van der Waals surface area contributed by atoms with Crippen LogP contribution in [0, 0.1) is 5.82 Å². The number of fused-ring (bicyclic) bond motifs is 1. The first-order valence-corrected chi connectivity index (χ1v) is 8.43. The molecule has 2 amide bonds. The molecule has 0 bridgehead atoms. The average molecular weight is 342 g/mol. The standard InChI is InChI=1S/C19H19FN2O3/c20-14-5-3-13(4-6-14)16-2-1-9-22(16)19(23)21-15-7-8-17-18(12-15)25-11-10-24-17/h3-8,12,16H,1-2,9-11H2,(H,21,23). The Kier molecular flexibility index (Phi) is 4.17. The molecule has 25 heavy (non-hydrogen) atoms. The van der Waals surface area contributed by atoms with E-state index < -0.39 is 0 Å². The normalized spacial score (nSPS) is 18.9. The monoisotopic (exact) mass is 342 g/mol. The van der Waals surface area contributed by atoms with Crippen molar-refractivity contribution in [1.82, 2.24) is 4.90 Å². The second kappa shape index (κ2) is 6.63. The van der Waals surface area contributed by atoms with Crippen LogP contribution in [0.15, 0.2) is 42.5 Å². The zero-order chi connectivity index (χ0) is 17.2. The molecule has 1 saturated heterocycles. The molecule has 2 aromatic rings. The third-order valence-electron chi connectivity index (χ3n) is 4.56. The molecule has 1 N–H and O–H groups in total. The number of benzene rings is 2. The summed E-state index contributed by atoms with van der Waals surface area (Å²) in [5.41, 5.74) is 1.62. The highest BCUT2D eigenvalue weighted by Crippen LogP contribution is 2.35. The van der Waals surface area contributed by atoms with E-state index in [1.165, 1.54) is 12.1 Å². The molecule has 2 aromatic carbocycles. The molecule has 6 heteroatoms. The molecular formula is C19H19FN2O3. The van der Waals surface area contributed by atoms with E-state index in [2.05, 4.69) is 5.32 Å². The summed E-state index contributed by atoms with van der Waals surface area (Å²) in [6, 6.07) is 11.5. The topological polar surface area (TPSA) is 50.8 Å².